The first-order valence-corrected chi connectivity index (χ1v) is 12.1. The molecule has 29 heavy (non-hydrogen) atoms. The van der Waals surface area contributed by atoms with Gasteiger partial charge in [0.1, 0.15) is 0 Å². The van der Waals surface area contributed by atoms with E-state index in [4.69, 9.17) is 9.47 Å². The lowest BCUT2D eigenvalue weighted by molar-refractivity contribution is -0.188. The fourth-order valence-electron chi connectivity index (χ4n) is 4.64. The topological polar surface area (TPSA) is 84.9 Å². The third kappa shape index (κ3) is 4.82. The van der Waals surface area contributed by atoms with Crippen LogP contribution in [0, 0.1) is 11.8 Å². The second-order valence-corrected chi connectivity index (χ2v) is 10.1. The molecule has 2 aliphatic heterocycles. The van der Waals surface area contributed by atoms with Crippen molar-refractivity contribution in [2.24, 2.45) is 11.8 Å². The predicted molar refractivity (Wildman–Crippen MR) is 108 cm³/mol. The monoisotopic (exact) mass is 422 g/mol. The van der Waals surface area contributed by atoms with Crippen molar-refractivity contribution in [2.45, 2.75) is 49.2 Å². The second kappa shape index (κ2) is 8.71. The molecule has 1 aliphatic carbocycles. The highest BCUT2D eigenvalue weighted by atomic mass is 32.2. The Morgan fingerprint density at radius 2 is 1.66 bits per heavy atom. The first kappa shape index (κ1) is 20.8. The quantitative estimate of drug-likeness (QED) is 0.786. The van der Waals surface area contributed by atoms with E-state index in [1.165, 1.54) is 0 Å². The molecule has 8 heteroatoms. The third-order valence-corrected chi connectivity index (χ3v) is 7.90. The second-order valence-electron chi connectivity index (χ2n) is 8.32. The molecule has 2 heterocycles. The van der Waals surface area contributed by atoms with Crippen LogP contribution in [0.4, 0.5) is 0 Å². The molecule has 4 rings (SSSR count). The van der Waals surface area contributed by atoms with Crippen LogP contribution in [0.3, 0.4) is 0 Å². The van der Waals surface area contributed by atoms with Crippen molar-refractivity contribution in [3.8, 4) is 0 Å². The molecule has 1 saturated carbocycles. The van der Waals surface area contributed by atoms with Crippen LogP contribution in [0.25, 0.3) is 0 Å². The van der Waals surface area contributed by atoms with Gasteiger partial charge in [-0.25, -0.2) is 13.1 Å². The Bertz CT molecular complexity index is 790. The molecule has 0 aromatic heterocycles. The van der Waals surface area contributed by atoms with Crippen LogP contribution in [0.2, 0.25) is 0 Å². The number of hydrogen-bond acceptors (Lipinski definition) is 5. The summed E-state index contributed by atoms with van der Waals surface area (Å²) in [5, 5.41) is 0. The summed E-state index contributed by atoms with van der Waals surface area (Å²) >= 11 is 0. The van der Waals surface area contributed by atoms with Gasteiger partial charge in [-0.15, -0.1) is 0 Å². The lowest BCUT2D eigenvalue weighted by Gasteiger charge is -2.39. The number of carbonyl (C=O) groups excluding carboxylic acids is 1. The highest BCUT2D eigenvalue weighted by Crippen LogP contribution is 2.34. The number of amides is 1. The fraction of sp³-hybridized carbons (Fsp3) is 0.667. The van der Waals surface area contributed by atoms with Crippen LogP contribution < -0.4 is 4.72 Å². The third-order valence-electron chi connectivity index (χ3n) is 6.46. The molecule has 1 N–H and O–H groups in total. The summed E-state index contributed by atoms with van der Waals surface area (Å²) in [6, 6.07) is 8.44. The molecule has 3 fully saturated rings. The van der Waals surface area contributed by atoms with Crippen molar-refractivity contribution >= 4 is 15.9 Å². The number of ether oxygens (including phenoxy) is 2. The maximum absolute atomic E-state index is 12.9. The largest absolute Gasteiger partial charge is 0.347 e. The molecule has 1 spiro atoms. The number of nitrogens with one attached hydrogen (secondary N) is 1. The van der Waals surface area contributed by atoms with E-state index in [9.17, 15) is 13.2 Å². The van der Waals surface area contributed by atoms with Gasteiger partial charge < -0.3 is 14.4 Å². The number of nitrogens with zero attached hydrogens (tertiary/aromatic N) is 1. The predicted octanol–water partition coefficient (Wildman–Crippen LogP) is 2.14. The molecule has 7 nitrogen and oxygen atoms in total. The van der Waals surface area contributed by atoms with Crippen molar-refractivity contribution in [3.05, 3.63) is 30.3 Å². The van der Waals surface area contributed by atoms with E-state index in [2.05, 4.69) is 4.72 Å². The number of likely N-dealkylation sites (tertiary alicyclic amines) is 1. The molecule has 0 bridgehead atoms. The van der Waals surface area contributed by atoms with Crippen molar-refractivity contribution in [1.82, 2.24) is 9.62 Å². The van der Waals surface area contributed by atoms with E-state index >= 15 is 0 Å². The summed E-state index contributed by atoms with van der Waals surface area (Å²) in [5.41, 5.74) is 0. The van der Waals surface area contributed by atoms with Gasteiger partial charge in [0, 0.05) is 38.4 Å². The van der Waals surface area contributed by atoms with Crippen LogP contribution in [0.1, 0.15) is 38.5 Å². The number of carbonyl (C=O) groups is 1. The number of benzene rings is 1. The van der Waals surface area contributed by atoms with Crippen LogP contribution >= 0.6 is 0 Å². The van der Waals surface area contributed by atoms with Gasteiger partial charge in [0.05, 0.1) is 18.1 Å². The normalized spacial score (nSPS) is 27.2. The summed E-state index contributed by atoms with van der Waals surface area (Å²) in [7, 11) is -3.47. The lowest BCUT2D eigenvalue weighted by Crippen LogP contribution is -2.49. The van der Waals surface area contributed by atoms with E-state index < -0.39 is 15.8 Å². The molecule has 1 aromatic carbocycles. The number of hydrogen-bond donors (Lipinski definition) is 1. The Hall–Kier alpha value is -1.48. The Labute approximate surface area is 172 Å². The zero-order chi connectivity index (χ0) is 20.3. The average Bonchev–Trinajstić information content (AvgIpc) is 3.21. The van der Waals surface area contributed by atoms with Gasteiger partial charge in [0.25, 0.3) is 0 Å². The lowest BCUT2D eigenvalue weighted by atomic mass is 9.81. The van der Waals surface area contributed by atoms with Gasteiger partial charge in [-0.3, -0.25) is 4.79 Å². The van der Waals surface area contributed by atoms with Crippen LogP contribution in [-0.2, 0) is 24.3 Å². The van der Waals surface area contributed by atoms with Gasteiger partial charge in [-0.1, -0.05) is 18.2 Å². The molecule has 0 atom stereocenters. The fourth-order valence-corrected chi connectivity index (χ4v) is 5.77. The summed E-state index contributed by atoms with van der Waals surface area (Å²) in [4.78, 5) is 15.1. The summed E-state index contributed by atoms with van der Waals surface area (Å²) < 4.78 is 38.9. The summed E-state index contributed by atoms with van der Waals surface area (Å²) in [6.45, 7) is 3.10. The highest BCUT2D eigenvalue weighted by molar-refractivity contribution is 7.89. The molecule has 2 saturated heterocycles. The standard InChI is InChI=1S/C21H30N2O5S/c24-20(23-12-10-21(11-13-23)27-14-15-28-21)18-8-6-17(7-9-18)16-22-29(25,26)19-4-2-1-3-5-19/h1-5,17-18,22H,6-16H2. The first-order chi connectivity index (χ1) is 14.0. The van der Waals surface area contributed by atoms with Crippen LogP contribution in [-0.4, -0.2) is 57.9 Å². The molecular formula is C21H30N2O5S. The molecule has 3 aliphatic rings. The van der Waals surface area contributed by atoms with Crippen molar-refractivity contribution in [2.75, 3.05) is 32.8 Å². The molecule has 160 valence electrons. The van der Waals surface area contributed by atoms with Crippen LogP contribution in [0.15, 0.2) is 35.2 Å². The van der Waals surface area contributed by atoms with Crippen LogP contribution in [0.5, 0.6) is 0 Å². The Morgan fingerprint density at radius 1 is 1.03 bits per heavy atom. The van der Waals surface area contributed by atoms with E-state index in [-0.39, 0.29) is 17.7 Å². The minimum absolute atomic E-state index is 0.0523. The van der Waals surface area contributed by atoms with Gasteiger partial charge in [-0.2, -0.15) is 0 Å². The summed E-state index contributed by atoms with van der Waals surface area (Å²) in [5.74, 6) is 0.115. The Morgan fingerprint density at radius 3 is 2.28 bits per heavy atom. The zero-order valence-corrected chi connectivity index (χ0v) is 17.5. The van der Waals surface area contributed by atoms with E-state index in [1.54, 1.807) is 30.3 Å². The van der Waals surface area contributed by atoms with E-state index in [0.29, 0.717) is 37.7 Å². The van der Waals surface area contributed by atoms with E-state index in [0.717, 1.165) is 38.5 Å². The number of piperidine rings is 1. The minimum atomic E-state index is -3.47. The maximum atomic E-state index is 12.9. The summed E-state index contributed by atoms with van der Waals surface area (Å²) in [6.07, 6.45) is 4.89. The van der Waals surface area contributed by atoms with Gasteiger partial charge in [0.2, 0.25) is 15.9 Å². The van der Waals surface area contributed by atoms with Gasteiger partial charge in [0.15, 0.2) is 5.79 Å². The van der Waals surface area contributed by atoms with E-state index in [1.807, 2.05) is 4.90 Å². The zero-order valence-electron chi connectivity index (χ0n) is 16.7. The number of sulfonamides is 1. The number of rotatable bonds is 5. The molecule has 0 radical (unpaired) electrons. The highest BCUT2D eigenvalue weighted by Gasteiger charge is 2.42. The van der Waals surface area contributed by atoms with Crippen molar-refractivity contribution in [1.29, 1.82) is 0 Å². The maximum Gasteiger partial charge on any atom is 0.240 e. The van der Waals surface area contributed by atoms with Crippen molar-refractivity contribution < 1.29 is 22.7 Å². The first-order valence-electron chi connectivity index (χ1n) is 10.6. The van der Waals surface area contributed by atoms with Crippen molar-refractivity contribution in [3.63, 3.8) is 0 Å². The molecule has 0 unspecified atom stereocenters. The molecule has 1 amide bonds. The van der Waals surface area contributed by atoms with Gasteiger partial charge >= 0.3 is 0 Å². The molecular weight excluding hydrogens is 392 g/mol. The minimum Gasteiger partial charge on any atom is -0.347 e. The Balaban J connectivity index is 1.22. The van der Waals surface area contributed by atoms with Gasteiger partial charge in [-0.05, 0) is 43.7 Å². The smallest absolute Gasteiger partial charge is 0.240 e. The Kier molecular flexibility index (Phi) is 6.24. The average molecular weight is 423 g/mol. The SMILES string of the molecule is O=C(C1CCC(CNS(=O)(=O)c2ccccc2)CC1)N1CCC2(CC1)OCCO2. The molecule has 1 aromatic rings.